The highest BCUT2D eigenvalue weighted by Gasteiger charge is 2.06. The molecule has 4 nitrogen and oxygen atoms in total. The van der Waals surface area contributed by atoms with E-state index in [9.17, 15) is 4.79 Å². The molecule has 0 saturated heterocycles. The first kappa shape index (κ1) is 17.3. The van der Waals surface area contributed by atoms with Crippen LogP contribution in [0.4, 0.5) is 5.82 Å². The molecule has 0 bridgehead atoms. The fourth-order valence-electron chi connectivity index (χ4n) is 2.14. The summed E-state index contributed by atoms with van der Waals surface area (Å²) in [6.45, 7) is 3.55. The van der Waals surface area contributed by atoms with Crippen LogP contribution in [-0.2, 0) is 6.42 Å². The fourth-order valence-corrected chi connectivity index (χ4v) is 2.26. The van der Waals surface area contributed by atoms with Crippen molar-refractivity contribution in [3.63, 3.8) is 0 Å². The Hall–Kier alpha value is -2.07. The maximum Gasteiger partial charge on any atom is 0.251 e. The summed E-state index contributed by atoms with van der Waals surface area (Å²) in [5, 5.41) is 6.89. The Bertz CT molecular complexity index is 628. The SMILES string of the molecule is CCCCNC(=O)c1ccnc(NCCc2ccc(Cl)cc2)c1. The van der Waals surface area contributed by atoms with E-state index in [0.717, 1.165) is 30.8 Å². The zero-order chi connectivity index (χ0) is 16.5. The minimum atomic E-state index is -0.0541. The first-order chi connectivity index (χ1) is 11.2. The van der Waals surface area contributed by atoms with Crippen molar-refractivity contribution in [2.45, 2.75) is 26.2 Å². The number of carbonyl (C=O) groups excluding carboxylic acids is 1. The van der Waals surface area contributed by atoms with Gasteiger partial charge in [-0.25, -0.2) is 4.98 Å². The molecule has 122 valence electrons. The van der Waals surface area contributed by atoms with E-state index in [-0.39, 0.29) is 5.91 Å². The predicted octanol–water partition coefficient (Wildman–Crippen LogP) is 3.92. The average molecular weight is 332 g/mol. The lowest BCUT2D eigenvalue weighted by Gasteiger charge is -2.08. The van der Waals surface area contributed by atoms with E-state index < -0.39 is 0 Å². The number of nitrogens with zero attached hydrogens (tertiary/aromatic N) is 1. The minimum Gasteiger partial charge on any atom is -0.370 e. The van der Waals surface area contributed by atoms with Gasteiger partial charge in [-0.3, -0.25) is 4.79 Å². The van der Waals surface area contributed by atoms with E-state index >= 15 is 0 Å². The third-order valence-corrected chi connectivity index (χ3v) is 3.72. The molecule has 2 N–H and O–H groups in total. The molecule has 1 aromatic carbocycles. The van der Waals surface area contributed by atoms with E-state index in [1.807, 2.05) is 24.3 Å². The Morgan fingerprint density at radius 2 is 1.96 bits per heavy atom. The zero-order valence-corrected chi connectivity index (χ0v) is 14.1. The van der Waals surface area contributed by atoms with Gasteiger partial charge in [0.15, 0.2) is 0 Å². The van der Waals surface area contributed by atoms with Crippen LogP contribution in [0.2, 0.25) is 5.02 Å². The minimum absolute atomic E-state index is 0.0541. The molecule has 1 aromatic heterocycles. The van der Waals surface area contributed by atoms with Crippen LogP contribution in [0.1, 0.15) is 35.7 Å². The van der Waals surface area contributed by atoms with E-state index in [1.54, 1.807) is 18.3 Å². The van der Waals surface area contributed by atoms with Gasteiger partial charge in [-0.2, -0.15) is 0 Å². The third-order valence-electron chi connectivity index (χ3n) is 3.47. The molecule has 5 heteroatoms. The van der Waals surface area contributed by atoms with E-state index in [1.165, 1.54) is 5.56 Å². The number of carbonyl (C=O) groups is 1. The van der Waals surface area contributed by atoms with Gasteiger partial charge in [-0.05, 0) is 42.7 Å². The van der Waals surface area contributed by atoms with Gasteiger partial charge in [0.2, 0.25) is 0 Å². The van der Waals surface area contributed by atoms with Gasteiger partial charge < -0.3 is 10.6 Å². The fraction of sp³-hybridized carbons (Fsp3) is 0.333. The molecule has 2 rings (SSSR count). The maximum absolute atomic E-state index is 12.0. The molecular formula is C18H22ClN3O. The second-order valence-corrected chi connectivity index (χ2v) is 5.78. The van der Waals surface area contributed by atoms with Crippen molar-refractivity contribution in [1.29, 1.82) is 0 Å². The van der Waals surface area contributed by atoms with Crippen LogP contribution in [0, 0.1) is 0 Å². The van der Waals surface area contributed by atoms with Crippen LogP contribution in [0.15, 0.2) is 42.6 Å². The Kier molecular flexibility index (Phi) is 6.88. The van der Waals surface area contributed by atoms with Crippen LogP contribution in [0.3, 0.4) is 0 Å². The van der Waals surface area contributed by atoms with Crippen molar-refractivity contribution in [3.05, 3.63) is 58.7 Å². The lowest BCUT2D eigenvalue weighted by molar-refractivity contribution is 0.0953. The van der Waals surface area contributed by atoms with Crippen LogP contribution in [0.25, 0.3) is 0 Å². The van der Waals surface area contributed by atoms with Crippen molar-refractivity contribution in [2.75, 3.05) is 18.4 Å². The summed E-state index contributed by atoms with van der Waals surface area (Å²) in [5.74, 6) is 0.656. The number of aromatic nitrogens is 1. The number of anilines is 1. The average Bonchev–Trinajstić information content (AvgIpc) is 2.57. The highest BCUT2D eigenvalue weighted by Crippen LogP contribution is 2.11. The van der Waals surface area contributed by atoms with Gasteiger partial charge in [0.25, 0.3) is 5.91 Å². The van der Waals surface area contributed by atoms with Gasteiger partial charge in [0, 0.05) is 29.9 Å². The van der Waals surface area contributed by atoms with Crippen LogP contribution in [-0.4, -0.2) is 24.0 Å². The highest BCUT2D eigenvalue weighted by molar-refractivity contribution is 6.30. The number of unbranched alkanes of at least 4 members (excludes halogenated alkanes) is 1. The molecule has 0 aliphatic carbocycles. The molecule has 23 heavy (non-hydrogen) atoms. The number of hydrogen-bond donors (Lipinski definition) is 2. The summed E-state index contributed by atoms with van der Waals surface area (Å²) in [4.78, 5) is 16.3. The molecule has 0 saturated carbocycles. The number of pyridine rings is 1. The summed E-state index contributed by atoms with van der Waals surface area (Å²) in [6.07, 6.45) is 4.57. The van der Waals surface area contributed by atoms with E-state index in [0.29, 0.717) is 17.9 Å². The van der Waals surface area contributed by atoms with Gasteiger partial charge >= 0.3 is 0 Å². The molecule has 0 spiro atoms. The standard InChI is InChI=1S/C18H22ClN3O/c1-2-3-10-22-18(23)15-9-12-21-17(13-15)20-11-8-14-4-6-16(19)7-5-14/h4-7,9,12-13H,2-3,8,10-11H2,1H3,(H,20,21)(H,22,23). The summed E-state index contributed by atoms with van der Waals surface area (Å²) < 4.78 is 0. The normalized spacial score (nSPS) is 10.3. The maximum atomic E-state index is 12.0. The Morgan fingerprint density at radius 1 is 1.17 bits per heavy atom. The second kappa shape index (κ2) is 9.16. The molecular weight excluding hydrogens is 310 g/mol. The molecule has 2 aromatic rings. The predicted molar refractivity (Wildman–Crippen MR) is 95.1 cm³/mol. The van der Waals surface area contributed by atoms with Gasteiger partial charge in [-0.15, -0.1) is 0 Å². The monoisotopic (exact) mass is 331 g/mol. The highest BCUT2D eigenvalue weighted by atomic mass is 35.5. The van der Waals surface area contributed by atoms with Gasteiger partial charge in [0.1, 0.15) is 5.82 Å². The summed E-state index contributed by atoms with van der Waals surface area (Å²) in [5.41, 5.74) is 1.83. The number of hydrogen-bond acceptors (Lipinski definition) is 3. The van der Waals surface area contributed by atoms with Crippen molar-refractivity contribution >= 4 is 23.3 Å². The van der Waals surface area contributed by atoms with Crippen LogP contribution >= 0.6 is 11.6 Å². The number of amides is 1. The Labute approximate surface area is 142 Å². The molecule has 0 fully saturated rings. The summed E-state index contributed by atoms with van der Waals surface area (Å²) in [6, 6.07) is 11.3. The first-order valence-corrected chi connectivity index (χ1v) is 8.29. The lowest BCUT2D eigenvalue weighted by Crippen LogP contribution is -2.24. The number of benzene rings is 1. The first-order valence-electron chi connectivity index (χ1n) is 7.91. The second-order valence-electron chi connectivity index (χ2n) is 5.34. The summed E-state index contributed by atoms with van der Waals surface area (Å²) in [7, 11) is 0. The molecule has 1 amide bonds. The molecule has 1 heterocycles. The topological polar surface area (TPSA) is 54.0 Å². The summed E-state index contributed by atoms with van der Waals surface area (Å²) >= 11 is 5.87. The van der Waals surface area contributed by atoms with Crippen molar-refractivity contribution < 1.29 is 4.79 Å². The third kappa shape index (κ3) is 5.91. The van der Waals surface area contributed by atoms with Gasteiger partial charge in [-0.1, -0.05) is 37.1 Å². The molecule has 0 aliphatic rings. The quantitative estimate of drug-likeness (QED) is 0.721. The smallest absolute Gasteiger partial charge is 0.251 e. The van der Waals surface area contributed by atoms with Crippen molar-refractivity contribution in [2.24, 2.45) is 0 Å². The zero-order valence-electron chi connectivity index (χ0n) is 13.3. The largest absolute Gasteiger partial charge is 0.370 e. The van der Waals surface area contributed by atoms with Crippen molar-refractivity contribution in [1.82, 2.24) is 10.3 Å². The lowest BCUT2D eigenvalue weighted by atomic mass is 10.1. The molecule has 0 unspecified atom stereocenters. The number of nitrogens with one attached hydrogen (secondary N) is 2. The van der Waals surface area contributed by atoms with E-state index in [4.69, 9.17) is 11.6 Å². The molecule has 0 radical (unpaired) electrons. The Morgan fingerprint density at radius 3 is 2.70 bits per heavy atom. The number of rotatable bonds is 8. The van der Waals surface area contributed by atoms with Crippen LogP contribution in [0.5, 0.6) is 0 Å². The number of halogens is 1. The molecule has 0 atom stereocenters. The Balaban J connectivity index is 1.84. The van der Waals surface area contributed by atoms with Crippen LogP contribution < -0.4 is 10.6 Å². The van der Waals surface area contributed by atoms with Crippen molar-refractivity contribution in [3.8, 4) is 0 Å². The molecule has 0 aliphatic heterocycles. The van der Waals surface area contributed by atoms with E-state index in [2.05, 4.69) is 22.5 Å². The van der Waals surface area contributed by atoms with Gasteiger partial charge in [0.05, 0.1) is 0 Å².